The highest BCUT2D eigenvalue weighted by atomic mass is 16.5. The fourth-order valence-electron chi connectivity index (χ4n) is 2.81. The minimum atomic E-state index is -0.348. The molecule has 2 aromatic rings. The minimum absolute atomic E-state index is 0.348. The molecular weight excluding hydrogens is 330 g/mol. The van der Waals surface area contributed by atoms with E-state index in [1.54, 1.807) is 12.3 Å². The highest BCUT2D eigenvalue weighted by Crippen LogP contribution is 2.39. The van der Waals surface area contributed by atoms with Crippen molar-refractivity contribution in [1.29, 1.82) is 0 Å². The summed E-state index contributed by atoms with van der Waals surface area (Å²) >= 11 is 0. The van der Waals surface area contributed by atoms with E-state index in [9.17, 15) is 4.79 Å². The fourth-order valence-corrected chi connectivity index (χ4v) is 2.81. The molecule has 2 N–H and O–H groups in total. The van der Waals surface area contributed by atoms with Gasteiger partial charge in [-0.2, -0.15) is 5.10 Å². The van der Waals surface area contributed by atoms with Crippen molar-refractivity contribution in [2.45, 2.75) is 25.2 Å². The van der Waals surface area contributed by atoms with E-state index in [0.29, 0.717) is 40.9 Å². The number of carbonyl (C=O) groups excluding carboxylic acids is 1. The molecule has 0 atom stereocenters. The summed E-state index contributed by atoms with van der Waals surface area (Å²) in [5, 5.41) is 10.5. The molecule has 2 heterocycles. The second-order valence-electron chi connectivity index (χ2n) is 6.26. The lowest BCUT2D eigenvalue weighted by Crippen LogP contribution is -2.05. The van der Waals surface area contributed by atoms with Gasteiger partial charge in [-0.15, -0.1) is 6.42 Å². The van der Waals surface area contributed by atoms with E-state index in [0.717, 1.165) is 11.3 Å². The van der Waals surface area contributed by atoms with Gasteiger partial charge in [0.1, 0.15) is 0 Å². The summed E-state index contributed by atoms with van der Waals surface area (Å²) in [6.45, 7) is 0. The maximum absolute atomic E-state index is 11.6. The number of carbonyl (C=O) groups is 1. The number of aromatic amines is 1. The molecule has 7 heteroatoms. The zero-order valence-electron chi connectivity index (χ0n) is 14.2. The van der Waals surface area contributed by atoms with Crippen molar-refractivity contribution < 1.29 is 9.53 Å². The van der Waals surface area contributed by atoms with Gasteiger partial charge in [0.15, 0.2) is 17.5 Å². The average Bonchev–Trinajstić information content (AvgIpc) is 3.21. The molecule has 0 radical (unpaired) electrons. The number of H-pyrrole nitrogens is 1. The van der Waals surface area contributed by atoms with Crippen LogP contribution in [0.5, 0.6) is 0 Å². The van der Waals surface area contributed by atoms with Crippen molar-refractivity contribution in [3.63, 3.8) is 0 Å². The molecule has 0 saturated heterocycles. The molecule has 2 aliphatic carbocycles. The number of methoxy groups -OCH3 is 1. The van der Waals surface area contributed by atoms with Crippen LogP contribution in [0, 0.1) is 12.3 Å². The molecule has 26 heavy (non-hydrogen) atoms. The Bertz CT molecular complexity index is 976. The summed E-state index contributed by atoms with van der Waals surface area (Å²) in [6, 6.07) is 1.98. The number of hydrogen-bond acceptors (Lipinski definition) is 6. The molecule has 4 rings (SSSR count). The molecule has 0 spiro atoms. The normalized spacial score (nSPS) is 15.8. The number of nitrogens with zero attached hydrogens (tertiary/aromatic N) is 3. The maximum atomic E-state index is 11.6. The lowest BCUT2D eigenvalue weighted by Gasteiger charge is -2.08. The second kappa shape index (κ2) is 6.48. The number of allylic oxidation sites excluding steroid dienone is 3. The van der Waals surface area contributed by atoms with Gasteiger partial charge in [0.2, 0.25) is 0 Å². The standard InChI is InChI=1S/C19H17N5O2/c1-3-11-10-20-17(13-6-7-14(8-13)19(25)26-2)22-18(11)21-16-9-15(23-24-16)12-4-5-12/h1,6-7,9-10,12H,4-5,8H2,2H3,(H2,20,21,22,23,24). The Morgan fingerprint density at radius 3 is 3.00 bits per heavy atom. The van der Waals surface area contributed by atoms with Crippen LogP contribution >= 0.6 is 0 Å². The molecule has 1 saturated carbocycles. The van der Waals surface area contributed by atoms with Crippen LogP contribution in [0.1, 0.15) is 42.3 Å². The molecule has 1 fully saturated rings. The van der Waals surface area contributed by atoms with Crippen LogP contribution in [0.25, 0.3) is 5.57 Å². The summed E-state index contributed by atoms with van der Waals surface area (Å²) < 4.78 is 4.75. The summed E-state index contributed by atoms with van der Waals surface area (Å²) in [6.07, 6.45) is 13.5. The van der Waals surface area contributed by atoms with Crippen molar-refractivity contribution in [3.05, 3.63) is 47.1 Å². The van der Waals surface area contributed by atoms with E-state index in [2.05, 4.69) is 31.4 Å². The Balaban J connectivity index is 1.56. The number of terminal acetylenes is 1. The quantitative estimate of drug-likeness (QED) is 0.638. The maximum Gasteiger partial charge on any atom is 0.334 e. The van der Waals surface area contributed by atoms with Crippen molar-refractivity contribution in [2.75, 3.05) is 12.4 Å². The predicted octanol–water partition coefficient (Wildman–Crippen LogP) is 2.69. The predicted molar refractivity (Wildman–Crippen MR) is 96.5 cm³/mol. The van der Waals surface area contributed by atoms with E-state index < -0.39 is 0 Å². The molecule has 130 valence electrons. The molecule has 7 nitrogen and oxygen atoms in total. The zero-order chi connectivity index (χ0) is 18.1. The lowest BCUT2D eigenvalue weighted by molar-refractivity contribution is -0.136. The Morgan fingerprint density at radius 1 is 1.42 bits per heavy atom. The topological polar surface area (TPSA) is 92.8 Å². The summed E-state index contributed by atoms with van der Waals surface area (Å²) in [7, 11) is 1.36. The molecule has 0 unspecified atom stereocenters. The van der Waals surface area contributed by atoms with Crippen molar-refractivity contribution in [2.24, 2.45) is 0 Å². The van der Waals surface area contributed by atoms with Gasteiger partial charge in [-0.1, -0.05) is 18.1 Å². The molecule has 0 aromatic carbocycles. The van der Waals surface area contributed by atoms with Crippen LogP contribution in [0.2, 0.25) is 0 Å². The first kappa shape index (κ1) is 16.1. The average molecular weight is 347 g/mol. The summed E-state index contributed by atoms with van der Waals surface area (Å²) in [5.41, 5.74) is 3.07. The molecule has 2 aromatic heterocycles. The van der Waals surface area contributed by atoms with Gasteiger partial charge < -0.3 is 10.1 Å². The van der Waals surface area contributed by atoms with Gasteiger partial charge in [0.25, 0.3) is 0 Å². The second-order valence-corrected chi connectivity index (χ2v) is 6.26. The zero-order valence-corrected chi connectivity index (χ0v) is 14.2. The number of esters is 1. The first-order valence-corrected chi connectivity index (χ1v) is 8.32. The number of nitrogens with one attached hydrogen (secondary N) is 2. The SMILES string of the molecule is C#Cc1cnc(C2=CC=C(C(=O)OC)C2)nc1Nc1cc(C2CC2)[nH]n1. The van der Waals surface area contributed by atoms with Crippen LogP contribution in [-0.2, 0) is 9.53 Å². The van der Waals surface area contributed by atoms with Crippen LogP contribution in [0.4, 0.5) is 11.6 Å². The Kier molecular flexibility index (Phi) is 4.01. The third kappa shape index (κ3) is 3.09. The monoisotopic (exact) mass is 347 g/mol. The number of hydrogen-bond donors (Lipinski definition) is 2. The van der Waals surface area contributed by atoms with Crippen molar-refractivity contribution >= 4 is 23.2 Å². The molecular formula is C19H17N5O2. The van der Waals surface area contributed by atoms with Gasteiger partial charge in [-0.3, -0.25) is 5.10 Å². The Hall–Kier alpha value is -3.40. The molecule has 0 amide bonds. The minimum Gasteiger partial charge on any atom is -0.466 e. The molecule has 0 aliphatic heterocycles. The van der Waals surface area contributed by atoms with E-state index in [4.69, 9.17) is 11.2 Å². The first-order valence-electron chi connectivity index (χ1n) is 8.32. The highest BCUT2D eigenvalue weighted by molar-refractivity contribution is 5.94. The Labute approximate surface area is 150 Å². The molecule has 0 bridgehead atoms. The van der Waals surface area contributed by atoms with Crippen LogP contribution < -0.4 is 5.32 Å². The van der Waals surface area contributed by atoms with Crippen molar-refractivity contribution in [3.8, 4) is 12.3 Å². The first-order chi connectivity index (χ1) is 12.7. The smallest absolute Gasteiger partial charge is 0.334 e. The van der Waals surface area contributed by atoms with E-state index in [1.165, 1.54) is 20.0 Å². The van der Waals surface area contributed by atoms with Gasteiger partial charge in [-0.05, 0) is 12.8 Å². The van der Waals surface area contributed by atoms with Gasteiger partial charge >= 0.3 is 5.97 Å². The lowest BCUT2D eigenvalue weighted by atomic mass is 10.1. The fraction of sp³-hybridized carbons (Fsp3) is 0.263. The van der Waals surface area contributed by atoms with E-state index >= 15 is 0 Å². The van der Waals surface area contributed by atoms with Gasteiger partial charge in [-0.25, -0.2) is 14.8 Å². The third-order valence-corrected chi connectivity index (χ3v) is 4.41. The number of anilines is 2. The van der Waals surface area contributed by atoms with Gasteiger partial charge in [0.05, 0.1) is 12.7 Å². The third-order valence-electron chi connectivity index (χ3n) is 4.41. The number of ether oxygens (including phenoxy) is 1. The molecule has 2 aliphatic rings. The van der Waals surface area contributed by atoms with E-state index in [-0.39, 0.29) is 5.97 Å². The van der Waals surface area contributed by atoms with Crippen LogP contribution in [0.15, 0.2) is 30.0 Å². The summed E-state index contributed by atoms with van der Waals surface area (Å²) in [5.74, 6) is 4.51. The number of aromatic nitrogens is 4. The Morgan fingerprint density at radius 2 is 2.27 bits per heavy atom. The number of rotatable bonds is 5. The van der Waals surface area contributed by atoms with Crippen molar-refractivity contribution in [1.82, 2.24) is 20.2 Å². The van der Waals surface area contributed by atoms with Crippen LogP contribution in [0.3, 0.4) is 0 Å². The van der Waals surface area contributed by atoms with Gasteiger partial charge in [0, 0.05) is 41.4 Å². The van der Waals surface area contributed by atoms with E-state index in [1.807, 2.05) is 12.1 Å². The highest BCUT2D eigenvalue weighted by Gasteiger charge is 2.26. The van der Waals surface area contributed by atoms with Crippen LogP contribution in [-0.4, -0.2) is 33.2 Å². The largest absolute Gasteiger partial charge is 0.466 e. The summed E-state index contributed by atoms with van der Waals surface area (Å²) in [4.78, 5) is 20.5.